The number of hydrogen-bond acceptors (Lipinski definition) is 5. The Morgan fingerprint density at radius 2 is 1.88 bits per heavy atom. The summed E-state index contributed by atoms with van der Waals surface area (Å²) < 4.78 is 11.5. The van der Waals surface area contributed by atoms with E-state index < -0.39 is 24.0 Å². The number of carbonyl (C=O) groups is 2. The van der Waals surface area contributed by atoms with Crippen LogP contribution in [0.4, 0.5) is 0 Å². The summed E-state index contributed by atoms with van der Waals surface area (Å²) in [7, 11) is 0. The van der Waals surface area contributed by atoms with E-state index in [1.165, 1.54) is 12.3 Å². The predicted molar refractivity (Wildman–Crippen MR) is 131 cm³/mol. The van der Waals surface area contributed by atoms with Gasteiger partial charge in [0.2, 0.25) is 0 Å². The third-order valence-corrected chi connectivity index (χ3v) is 5.40. The van der Waals surface area contributed by atoms with Gasteiger partial charge in [0.15, 0.2) is 10.8 Å². The summed E-state index contributed by atoms with van der Waals surface area (Å²) in [6.45, 7) is 1.56. The van der Waals surface area contributed by atoms with Crippen molar-refractivity contribution in [2.24, 2.45) is 5.10 Å². The topological polar surface area (TPSA) is 92.9 Å². The van der Waals surface area contributed by atoms with Crippen LogP contribution in [-0.4, -0.2) is 30.2 Å². The van der Waals surface area contributed by atoms with Gasteiger partial charge >= 0.3 is 0 Å². The third-order valence-electron chi connectivity index (χ3n) is 4.44. The molecule has 3 rings (SSSR count). The van der Waals surface area contributed by atoms with Crippen molar-refractivity contribution in [3.05, 3.63) is 86.7 Å². The van der Waals surface area contributed by atoms with Gasteiger partial charge in [-0.25, -0.2) is 5.43 Å². The molecule has 0 spiro atoms. The normalized spacial score (nSPS) is 12.8. The van der Waals surface area contributed by atoms with E-state index in [0.717, 1.165) is 5.56 Å². The Kier molecular flexibility index (Phi) is 8.94. The molecule has 0 fully saturated rings. The maximum Gasteiger partial charge on any atom is 0.262 e. The van der Waals surface area contributed by atoms with Crippen molar-refractivity contribution in [3.63, 3.8) is 0 Å². The zero-order valence-electron chi connectivity index (χ0n) is 17.4. The Hall–Kier alpha value is -2.81. The molecular formula is C23H20BrCl2N3O4. The molecule has 0 aliphatic heterocycles. The molecule has 0 radical (unpaired) electrons. The lowest BCUT2D eigenvalue weighted by atomic mass is 10.1. The molecule has 3 aromatic rings. The molecule has 0 aliphatic carbocycles. The van der Waals surface area contributed by atoms with Gasteiger partial charge in [-0.05, 0) is 58.7 Å². The second-order valence-corrected chi connectivity index (χ2v) is 8.59. The number of hydrogen-bond donors (Lipinski definition) is 2. The minimum absolute atomic E-state index is 0.259. The van der Waals surface area contributed by atoms with Gasteiger partial charge < -0.3 is 14.5 Å². The van der Waals surface area contributed by atoms with Gasteiger partial charge in [-0.15, -0.1) is 0 Å². The van der Waals surface area contributed by atoms with Crippen molar-refractivity contribution in [1.82, 2.24) is 10.7 Å². The number of hydrazone groups is 1. The SMILES string of the molecule is C[C@@H](Oc1ccc(Cl)cc1Cl)C(=O)N[C@H](Cc1ccccc1)C(=O)N/N=C\c1ccc(Br)o1. The highest BCUT2D eigenvalue weighted by molar-refractivity contribution is 9.10. The fourth-order valence-electron chi connectivity index (χ4n) is 2.80. The number of nitrogens with one attached hydrogen (secondary N) is 2. The van der Waals surface area contributed by atoms with E-state index in [1.807, 2.05) is 30.3 Å². The highest BCUT2D eigenvalue weighted by atomic mass is 79.9. The van der Waals surface area contributed by atoms with Gasteiger partial charge in [0.1, 0.15) is 17.6 Å². The first-order valence-corrected chi connectivity index (χ1v) is 11.4. The number of halogens is 3. The van der Waals surface area contributed by atoms with Crippen molar-refractivity contribution in [3.8, 4) is 5.75 Å². The molecule has 0 saturated carbocycles. The lowest BCUT2D eigenvalue weighted by Crippen LogP contribution is -2.50. The van der Waals surface area contributed by atoms with E-state index in [0.29, 0.717) is 21.2 Å². The molecule has 2 amide bonds. The van der Waals surface area contributed by atoms with Crippen LogP contribution in [0.3, 0.4) is 0 Å². The van der Waals surface area contributed by atoms with E-state index in [2.05, 4.69) is 31.8 Å². The lowest BCUT2D eigenvalue weighted by molar-refractivity contribution is -0.132. The second kappa shape index (κ2) is 11.9. The largest absolute Gasteiger partial charge is 0.479 e. The first-order chi connectivity index (χ1) is 15.8. The number of rotatable bonds is 9. The maximum atomic E-state index is 12.8. The van der Waals surface area contributed by atoms with Gasteiger partial charge in [-0.3, -0.25) is 9.59 Å². The minimum Gasteiger partial charge on any atom is -0.479 e. The van der Waals surface area contributed by atoms with Crippen LogP contribution < -0.4 is 15.5 Å². The first kappa shape index (κ1) is 24.8. The molecule has 1 aromatic heterocycles. The van der Waals surface area contributed by atoms with Gasteiger partial charge in [-0.1, -0.05) is 53.5 Å². The van der Waals surface area contributed by atoms with Crippen molar-refractivity contribution < 1.29 is 18.7 Å². The standard InChI is InChI=1S/C23H20BrCl2N3O4/c1-14(32-20-9-7-16(25)12-18(20)26)22(30)28-19(11-15-5-3-2-4-6-15)23(31)29-27-13-17-8-10-21(24)33-17/h2-10,12-14,19H,11H2,1H3,(H,28,30)(H,29,31)/b27-13-/t14-,19-/m1/s1. The number of benzene rings is 2. The summed E-state index contributed by atoms with van der Waals surface area (Å²) in [5.41, 5.74) is 3.30. The van der Waals surface area contributed by atoms with Gasteiger partial charge in [0, 0.05) is 11.4 Å². The smallest absolute Gasteiger partial charge is 0.262 e. The summed E-state index contributed by atoms with van der Waals surface area (Å²) in [5, 5.41) is 7.35. The van der Waals surface area contributed by atoms with Crippen LogP contribution >= 0.6 is 39.1 Å². The summed E-state index contributed by atoms with van der Waals surface area (Å²) >= 11 is 15.2. The molecule has 0 saturated heterocycles. The molecule has 0 unspecified atom stereocenters. The Bertz CT molecular complexity index is 1140. The van der Waals surface area contributed by atoms with E-state index in [9.17, 15) is 9.59 Å². The average Bonchev–Trinajstić information content (AvgIpc) is 3.20. The summed E-state index contributed by atoms with van der Waals surface area (Å²) in [6.07, 6.45) is 0.700. The average molecular weight is 553 g/mol. The summed E-state index contributed by atoms with van der Waals surface area (Å²) in [4.78, 5) is 25.6. The Balaban J connectivity index is 1.67. The fourth-order valence-corrected chi connectivity index (χ4v) is 3.57. The molecule has 2 aromatic carbocycles. The number of carbonyl (C=O) groups excluding carboxylic acids is 2. The summed E-state index contributed by atoms with van der Waals surface area (Å²) in [5.74, 6) is -0.225. The Morgan fingerprint density at radius 3 is 2.55 bits per heavy atom. The number of furan rings is 1. The first-order valence-electron chi connectivity index (χ1n) is 9.86. The van der Waals surface area contributed by atoms with Crippen LogP contribution in [0.2, 0.25) is 10.0 Å². The highest BCUT2D eigenvalue weighted by Crippen LogP contribution is 2.28. The number of amides is 2. The molecular weight excluding hydrogens is 533 g/mol. The molecule has 7 nitrogen and oxygen atoms in total. The number of ether oxygens (including phenoxy) is 1. The van der Waals surface area contributed by atoms with Crippen LogP contribution in [0.1, 0.15) is 18.2 Å². The van der Waals surface area contributed by atoms with Gasteiger partial charge in [-0.2, -0.15) is 5.10 Å². The monoisotopic (exact) mass is 551 g/mol. The van der Waals surface area contributed by atoms with Crippen LogP contribution in [0, 0.1) is 0 Å². The van der Waals surface area contributed by atoms with E-state index in [1.54, 1.807) is 31.2 Å². The molecule has 2 atom stereocenters. The summed E-state index contributed by atoms with van der Waals surface area (Å²) in [6, 6.07) is 16.5. The van der Waals surface area contributed by atoms with Crippen LogP contribution in [0.25, 0.3) is 0 Å². The molecule has 10 heteroatoms. The third kappa shape index (κ3) is 7.63. The molecule has 0 aliphatic rings. The van der Waals surface area contributed by atoms with E-state index >= 15 is 0 Å². The molecule has 2 N–H and O–H groups in total. The molecule has 33 heavy (non-hydrogen) atoms. The van der Waals surface area contributed by atoms with Crippen molar-refractivity contribution >= 4 is 57.2 Å². The van der Waals surface area contributed by atoms with Gasteiger partial charge in [0.25, 0.3) is 11.8 Å². The zero-order chi connectivity index (χ0) is 23.8. The molecule has 172 valence electrons. The molecule has 0 bridgehead atoms. The number of nitrogens with zero attached hydrogens (tertiary/aromatic N) is 1. The maximum absolute atomic E-state index is 12.8. The van der Waals surface area contributed by atoms with Crippen LogP contribution in [0.5, 0.6) is 5.75 Å². The zero-order valence-corrected chi connectivity index (χ0v) is 20.5. The van der Waals surface area contributed by atoms with Crippen molar-refractivity contribution in [1.29, 1.82) is 0 Å². The van der Waals surface area contributed by atoms with Crippen LogP contribution in [-0.2, 0) is 16.0 Å². The Labute approximate surface area is 209 Å². The quantitative estimate of drug-likeness (QED) is 0.289. The van der Waals surface area contributed by atoms with E-state index in [4.69, 9.17) is 32.4 Å². The minimum atomic E-state index is -0.918. The van der Waals surface area contributed by atoms with Crippen molar-refractivity contribution in [2.75, 3.05) is 0 Å². The van der Waals surface area contributed by atoms with E-state index in [-0.39, 0.29) is 11.4 Å². The highest BCUT2D eigenvalue weighted by Gasteiger charge is 2.25. The Morgan fingerprint density at radius 1 is 1.12 bits per heavy atom. The lowest BCUT2D eigenvalue weighted by Gasteiger charge is -2.21. The second-order valence-electron chi connectivity index (χ2n) is 6.96. The van der Waals surface area contributed by atoms with Crippen molar-refractivity contribution in [2.45, 2.75) is 25.5 Å². The fraction of sp³-hybridized carbons (Fsp3) is 0.174. The predicted octanol–water partition coefficient (Wildman–Crippen LogP) is 4.99. The van der Waals surface area contributed by atoms with Crippen LogP contribution in [0.15, 0.2) is 74.9 Å². The van der Waals surface area contributed by atoms with Gasteiger partial charge in [0.05, 0.1) is 11.2 Å². The molecule has 1 heterocycles.